The summed E-state index contributed by atoms with van der Waals surface area (Å²) in [7, 11) is 0. The molecule has 2 nitrogen and oxygen atoms in total. The number of hydrogen-bond acceptors (Lipinski definition) is 2. The van der Waals surface area contributed by atoms with E-state index in [0.717, 1.165) is 18.4 Å². The molecule has 0 aliphatic carbocycles. The van der Waals surface area contributed by atoms with E-state index >= 15 is 0 Å². The van der Waals surface area contributed by atoms with Crippen molar-refractivity contribution in [1.82, 2.24) is 0 Å². The first-order valence-corrected chi connectivity index (χ1v) is 6.55. The summed E-state index contributed by atoms with van der Waals surface area (Å²) >= 11 is -0.693. The van der Waals surface area contributed by atoms with Gasteiger partial charge < -0.3 is 10.3 Å². The van der Waals surface area contributed by atoms with Crippen LogP contribution >= 0.6 is 0 Å². The zero-order chi connectivity index (χ0) is 10.8. The smallest absolute Gasteiger partial charge is 0.128 e. The van der Waals surface area contributed by atoms with E-state index in [-0.39, 0.29) is 11.7 Å². The molecule has 1 aromatic carbocycles. The first-order chi connectivity index (χ1) is 7.16. The van der Waals surface area contributed by atoms with Gasteiger partial charge in [0, 0.05) is 5.69 Å². The molecule has 0 bridgehead atoms. The van der Waals surface area contributed by atoms with Gasteiger partial charge in [0.15, 0.2) is 0 Å². The molecule has 2 N–H and O–H groups in total. The highest BCUT2D eigenvalue weighted by Gasteiger charge is 2.24. The molecule has 1 aliphatic heterocycles. The van der Waals surface area contributed by atoms with E-state index in [1.165, 1.54) is 6.07 Å². The van der Waals surface area contributed by atoms with Crippen molar-refractivity contribution < 1.29 is 8.94 Å². The van der Waals surface area contributed by atoms with Crippen LogP contribution in [0.25, 0.3) is 0 Å². The van der Waals surface area contributed by atoms with Crippen LogP contribution in [0.1, 0.15) is 24.3 Å². The maximum atomic E-state index is 13.6. The standard InChI is InChI=1S/C11H14FNOS/c12-11-7-9(13)1-2-10(11)8-3-5-15(14)6-4-8/h1-2,7-8H,3-6,13H2. The number of rotatable bonds is 1. The zero-order valence-electron chi connectivity index (χ0n) is 8.41. The molecule has 0 saturated carbocycles. The van der Waals surface area contributed by atoms with Crippen LogP contribution in [0.2, 0.25) is 0 Å². The molecular formula is C11H14FNOS. The van der Waals surface area contributed by atoms with Crippen LogP contribution in [-0.2, 0) is 11.2 Å². The number of hydrogen-bond donors (Lipinski definition) is 1. The zero-order valence-corrected chi connectivity index (χ0v) is 9.23. The number of halogens is 1. The van der Waals surface area contributed by atoms with E-state index < -0.39 is 11.2 Å². The maximum absolute atomic E-state index is 13.6. The van der Waals surface area contributed by atoms with E-state index in [4.69, 9.17) is 5.73 Å². The Bertz CT molecular complexity index is 350. The summed E-state index contributed by atoms with van der Waals surface area (Å²) in [6, 6.07) is 4.84. The molecule has 15 heavy (non-hydrogen) atoms. The SMILES string of the molecule is Nc1ccc(C2CC[S+]([O-])CC2)c(F)c1. The fraction of sp³-hybridized carbons (Fsp3) is 0.455. The molecule has 1 saturated heterocycles. The molecule has 82 valence electrons. The van der Waals surface area contributed by atoms with Crippen LogP contribution < -0.4 is 5.73 Å². The largest absolute Gasteiger partial charge is 0.616 e. The summed E-state index contributed by atoms with van der Waals surface area (Å²) in [5, 5.41) is 0. The van der Waals surface area contributed by atoms with Gasteiger partial charge >= 0.3 is 0 Å². The van der Waals surface area contributed by atoms with Crippen molar-refractivity contribution in [3.05, 3.63) is 29.6 Å². The van der Waals surface area contributed by atoms with Crippen molar-refractivity contribution in [2.45, 2.75) is 18.8 Å². The van der Waals surface area contributed by atoms with Gasteiger partial charge in [0.1, 0.15) is 17.3 Å². The van der Waals surface area contributed by atoms with Crippen molar-refractivity contribution >= 4 is 16.9 Å². The van der Waals surface area contributed by atoms with Gasteiger partial charge in [-0.25, -0.2) is 4.39 Å². The van der Waals surface area contributed by atoms with Gasteiger partial charge in [-0.1, -0.05) is 17.2 Å². The predicted octanol–water partition coefficient (Wildman–Crippen LogP) is 2.03. The summed E-state index contributed by atoms with van der Waals surface area (Å²) in [4.78, 5) is 0. The lowest BCUT2D eigenvalue weighted by atomic mass is 9.93. The first kappa shape index (κ1) is 10.8. The van der Waals surface area contributed by atoms with Crippen molar-refractivity contribution in [3.63, 3.8) is 0 Å². The number of benzene rings is 1. The van der Waals surface area contributed by atoms with Gasteiger partial charge in [-0.3, -0.25) is 0 Å². The van der Waals surface area contributed by atoms with Crippen LogP contribution in [0.5, 0.6) is 0 Å². The average molecular weight is 227 g/mol. The second-order valence-corrected chi connectivity index (χ2v) is 5.60. The molecule has 2 rings (SSSR count). The number of nitrogens with two attached hydrogens (primary N) is 1. The normalized spacial score (nSPS) is 26.5. The topological polar surface area (TPSA) is 49.1 Å². The number of nitrogen functional groups attached to an aromatic ring is 1. The average Bonchev–Trinajstić information content (AvgIpc) is 2.20. The van der Waals surface area contributed by atoms with E-state index in [1.54, 1.807) is 12.1 Å². The Morgan fingerprint density at radius 3 is 2.60 bits per heavy atom. The van der Waals surface area contributed by atoms with Gasteiger partial charge in [0.2, 0.25) is 0 Å². The highest BCUT2D eigenvalue weighted by Crippen LogP contribution is 2.31. The highest BCUT2D eigenvalue weighted by atomic mass is 32.2. The summed E-state index contributed by atoms with van der Waals surface area (Å²) in [5.74, 6) is 1.36. The lowest BCUT2D eigenvalue weighted by molar-refractivity contribution is 0.526. The quantitative estimate of drug-likeness (QED) is 0.589. The Balaban J connectivity index is 2.15. The minimum atomic E-state index is -0.693. The van der Waals surface area contributed by atoms with Crippen molar-refractivity contribution in [1.29, 1.82) is 0 Å². The Morgan fingerprint density at radius 1 is 1.33 bits per heavy atom. The van der Waals surface area contributed by atoms with Crippen molar-refractivity contribution in [3.8, 4) is 0 Å². The second kappa shape index (κ2) is 4.41. The lowest BCUT2D eigenvalue weighted by Crippen LogP contribution is -2.22. The molecule has 4 heteroatoms. The van der Waals surface area contributed by atoms with Gasteiger partial charge in [0.25, 0.3) is 0 Å². The number of anilines is 1. The molecule has 1 heterocycles. The molecule has 0 radical (unpaired) electrons. The Labute approximate surface area is 91.9 Å². The van der Waals surface area contributed by atoms with E-state index in [1.807, 2.05) is 0 Å². The van der Waals surface area contributed by atoms with Crippen molar-refractivity contribution in [2.24, 2.45) is 0 Å². The van der Waals surface area contributed by atoms with Gasteiger partial charge in [-0.05, 0) is 36.5 Å². The first-order valence-electron chi connectivity index (χ1n) is 5.06. The molecule has 1 aliphatic rings. The van der Waals surface area contributed by atoms with Crippen molar-refractivity contribution in [2.75, 3.05) is 17.2 Å². The van der Waals surface area contributed by atoms with Gasteiger partial charge in [-0.2, -0.15) is 0 Å². The molecule has 0 amide bonds. The lowest BCUT2D eigenvalue weighted by Gasteiger charge is -2.24. The molecule has 0 atom stereocenters. The fourth-order valence-corrected chi connectivity index (χ4v) is 3.28. The Hall–Kier alpha value is -0.740. The second-order valence-electron chi connectivity index (χ2n) is 3.90. The predicted molar refractivity (Wildman–Crippen MR) is 60.7 cm³/mol. The molecular weight excluding hydrogens is 213 g/mol. The fourth-order valence-electron chi connectivity index (χ4n) is 1.98. The maximum Gasteiger partial charge on any atom is 0.128 e. The van der Waals surface area contributed by atoms with Crippen LogP contribution in [0.15, 0.2) is 18.2 Å². The van der Waals surface area contributed by atoms with Gasteiger partial charge in [-0.15, -0.1) is 0 Å². The monoisotopic (exact) mass is 227 g/mol. The van der Waals surface area contributed by atoms with Crippen LogP contribution in [0, 0.1) is 5.82 Å². The van der Waals surface area contributed by atoms with Crippen LogP contribution in [-0.4, -0.2) is 16.1 Å². The third-order valence-electron chi connectivity index (χ3n) is 2.85. The summed E-state index contributed by atoms with van der Waals surface area (Å²) < 4.78 is 24.8. The third kappa shape index (κ3) is 2.44. The minimum Gasteiger partial charge on any atom is -0.616 e. The molecule has 0 spiro atoms. The highest BCUT2D eigenvalue weighted by molar-refractivity contribution is 7.91. The third-order valence-corrected chi connectivity index (χ3v) is 4.23. The van der Waals surface area contributed by atoms with E-state index in [2.05, 4.69) is 0 Å². The van der Waals surface area contributed by atoms with Gasteiger partial charge in [0.05, 0.1) is 0 Å². The Morgan fingerprint density at radius 2 is 2.00 bits per heavy atom. The molecule has 0 unspecified atom stereocenters. The van der Waals surface area contributed by atoms with Crippen LogP contribution in [0.4, 0.5) is 10.1 Å². The Kier molecular flexibility index (Phi) is 3.17. The van der Waals surface area contributed by atoms with E-state index in [9.17, 15) is 8.94 Å². The molecule has 0 aromatic heterocycles. The summed E-state index contributed by atoms with van der Waals surface area (Å²) in [6.07, 6.45) is 1.63. The summed E-state index contributed by atoms with van der Waals surface area (Å²) in [5.41, 5.74) is 6.67. The summed E-state index contributed by atoms with van der Waals surface area (Å²) in [6.45, 7) is 0. The minimum absolute atomic E-state index is 0.211. The molecule has 1 aromatic rings. The van der Waals surface area contributed by atoms with E-state index in [0.29, 0.717) is 17.2 Å². The molecule has 1 fully saturated rings. The van der Waals surface area contributed by atoms with Crippen LogP contribution in [0.3, 0.4) is 0 Å².